The Morgan fingerprint density at radius 1 is 0.296 bits per heavy atom. The fourth-order valence-corrected chi connectivity index (χ4v) is 7.65. The summed E-state index contributed by atoms with van der Waals surface area (Å²) in [5, 5.41) is 6.42. The smallest absolute Gasteiger partial charge is 0.164 e. The predicted molar refractivity (Wildman–Crippen MR) is 219 cm³/mol. The van der Waals surface area contributed by atoms with Crippen LogP contribution in [0.2, 0.25) is 0 Å². The van der Waals surface area contributed by atoms with E-state index >= 15 is 0 Å². The van der Waals surface area contributed by atoms with Crippen molar-refractivity contribution >= 4 is 54.6 Å². The number of fused-ring (bicyclic) bond motifs is 7. The van der Waals surface area contributed by atoms with Gasteiger partial charge >= 0.3 is 0 Å². The fraction of sp³-hybridized carbons (Fsp3) is 0. The molecule has 0 N–H and O–H groups in total. The second-order valence-corrected chi connectivity index (χ2v) is 13.6. The van der Waals surface area contributed by atoms with Gasteiger partial charge in [0, 0.05) is 38.2 Å². The van der Waals surface area contributed by atoms with E-state index in [0.29, 0.717) is 17.5 Å². The SMILES string of the molecule is c1ccc(-c2cccc(-c3cc(-c4nc(-c5ccccc5)nc(-c5ccc6c(c5)oc5cc7ccccc7cc56)n4)c4c(c3)oc3ccccc34)c2)cc1. The molecule has 0 spiro atoms. The number of furan rings is 2. The largest absolute Gasteiger partial charge is 0.456 e. The Morgan fingerprint density at radius 2 is 0.889 bits per heavy atom. The zero-order valence-corrected chi connectivity index (χ0v) is 28.9. The maximum atomic E-state index is 6.54. The van der Waals surface area contributed by atoms with Gasteiger partial charge in [-0.25, -0.2) is 15.0 Å². The molecule has 0 aliphatic rings. The summed E-state index contributed by atoms with van der Waals surface area (Å²) in [6, 6.07) is 60.5. The third-order valence-electron chi connectivity index (χ3n) is 10.3. The van der Waals surface area contributed by atoms with Gasteiger partial charge in [-0.05, 0) is 81.6 Å². The lowest BCUT2D eigenvalue weighted by Gasteiger charge is -2.12. The van der Waals surface area contributed by atoms with Crippen LogP contribution in [0.5, 0.6) is 0 Å². The first kappa shape index (κ1) is 30.3. The van der Waals surface area contributed by atoms with Crippen molar-refractivity contribution < 1.29 is 8.83 Å². The van der Waals surface area contributed by atoms with Crippen LogP contribution in [0.4, 0.5) is 0 Å². The van der Waals surface area contributed by atoms with Gasteiger partial charge in [0.2, 0.25) is 0 Å². The second-order valence-electron chi connectivity index (χ2n) is 13.6. The zero-order chi connectivity index (χ0) is 35.6. The molecule has 0 unspecified atom stereocenters. The van der Waals surface area contributed by atoms with Crippen molar-refractivity contribution in [1.29, 1.82) is 0 Å². The molecule has 3 aromatic heterocycles. The summed E-state index contributed by atoms with van der Waals surface area (Å²) >= 11 is 0. The molecule has 0 fully saturated rings. The van der Waals surface area contributed by atoms with Gasteiger partial charge in [0.1, 0.15) is 22.3 Å². The highest BCUT2D eigenvalue weighted by Crippen LogP contribution is 2.41. The molecule has 0 bridgehead atoms. The number of aromatic nitrogens is 3. The molecule has 8 aromatic carbocycles. The molecule has 0 amide bonds. The topological polar surface area (TPSA) is 65.0 Å². The van der Waals surface area contributed by atoms with Crippen LogP contribution in [-0.2, 0) is 0 Å². The fourth-order valence-electron chi connectivity index (χ4n) is 7.65. The van der Waals surface area contributed by atoms with Gasteiger partial charge in [-0.3, -0.25) is 0 Å². The van der Waals surface area contributed by atoms with Gasteiger partial charge in [0.25, 0.3) is 0 Å². The molecule has 5 heteroatoms. The molecule has 0 saturated carbocycles. The maximum Gasteiger partial charge on any atom is 0.164 e. The van der Waals surface area contributed by atoms with Crippen LogP contribution in [-0.4, -0.2) is 15.0 Å². The summed E-state index contributed by atoms with van der Waals surface area (Å²) < 4.78 is 13.0. The average molecular weight is 692 g/mol. The summed E-state index contributed by atoms with van der Waals surface area (Å²) in [5.74, 6) is 1.71. The first-order chi connectivity index (χ1) is 26.7. The van der Waals surface area contributed by atoms with Crippen LogP contribution in [0.25, 0.3) is 111 Å². The first-order valence-electron chi connectivity index (χ1n) is 18.0. The lowest BCUT2D eigenvalue weighted by Crippen LogP contribution is -2.00. The molecule has 54 heavy (non-hydrogen) atoms. The Kier molecular flexibility index (Phi) is 6.79. The highest BCUT2D eigenvalue weighted by Gasteiger charge is 2.20. The van der Waals surface area contributed by atoms with Crippen molar-refractivity contribution in [2.75, 3.05) is 0 Å². The van der Waals surface area contributed by atoms with Crippen LogP contribution >= 0.6 is 0 Å². The standard InChI is InChI=1S/C49H29N3O2/c1-3-12-30(13-4-1)32-18-11-19-33(24-32)37-26-41(46-39-20-9-10-21-42(39)53-45(46)29-37)49-51-47(31-14-5-2-6-15-31)50-48(52-49)36-22-23-38-40-25-34-16-7-8-17-35(34)27-44(40)54-43(38)28-36/h1-29H. The van der Waals surface area contributed by atoms with Gasteiger partial charge < -0.3 is 8.83 Å². The van der Waals surface area contributed by atoms with E-state index in [2.05, 4.69) is 115 Å². The van der Waals surface area contributed by atoms with Gasteiger partial charge in [-0.1, -0.05) is 127 Å². The minimum atomic E-state index is 0.559. The van der Waals surface area contributed by atoms with Gasteiger partial charge in [-0.2, -0.15) is 0 Å². The number of rotatable bonds is 5. The Labute approximate surface area is 309 Å². The Hall–Kier alpha value is -7.37. The summed E-state index contributed by atoms with van der Waals surface area (Å²) in [6.45, 7) is 0. The van der Waals surface area contributed by atoms with Gasteiger partial charge in [0.15, 0.2) is 17.5 Å². The van der Waals surface area contributed by atoms with Crippen molar-refractivity contribution in [3.63, 3.8) is 0 Å². The van der Waals surface area contributed by atoms with E-state index in [4.69, 9.17) is 23.8 Å². The molecular weight excluding hydrogens is 663 g/mol. The lowest BCUT2D eigenvalue weighted by molar-refractivity contribution is 0.669. The van der Waals surface area contributed by atoms with Crippen LogP contribution in [0.1, 0.15) is 0 Å². The molecule has 11 aromatic rings. The minimum absolute atomic E-state index is 0.559. The molecule has 0 aliphatic carbocycles. The van der Waals surface area contributed by atoms with E-state index in [1.165, 1.54) is 5.39 Å². The van der Waals surface area contributed by atoms with Crippen LogP contribution in [0.15, 0.2) is 185 Å². The van der Waals surface area contributed by atoms with E-state index in [1.807, 2.05) is 60.7 Å². The van der Waals surface area contributed by atoms with E-state index < -0.39 is 0 Å². The predicted octanol–water partition coefficient (Wildman–Crippen LogP) is 13.2. The molecular formula is C49H29N3O2. The molecule has 0 radical (unpaired) electrons. The highest BCUT2D eigenvalue weighted by molar-refractivity contribution is 6.13. The van der Waals surface area contributed by atoms with Crippen molar-refractivity contribution in [2.24, 2.45) is 0 Å². The molecule has 0 atom stereocenters. The van der Waals surface area contributed by atoms with Crippen molar-refractivity contribution in [2.45, 2.75) is 0 Å². The third kappa shape index (κ3) is 5.06. The molecule has 252 valence electrons. The summed E-state index contributed by atoms with van der Waals surface area (Å²) in [4.78, 5) is 15.5. The summed E-state index contributed by atoms with van der Waals surface area (Å²) in [5.41, 5.74) is 10.2. The monoisotopic (exact) mass is 691 g/mol. The third-order valence-corrected chi connectivity index (χ3v) is 10.3. The van der Waals surface area contributed by atoms with E-state index in [-0.39, 0.29) is 0 Å². The van der Waals surface area contributed by atoms with E-state index in [1.54, 1.807) is 0 Å². The number of hydrogen-bond acceptors (Lipinski definition) is 5. The molecule has 11 rings (SSSR count). The van der Waals surface area contributed by atoms with Gasteiger partial charge in [-0.15, -0.1) is 0 Å². The van der Waals surface area contributed by atoms with Crippen molar-refractivity contribution in [1.82, 2.24) is 15.0 Å². The maximum absolute atomic E-state index is 6.54. The average Bonchev–Trinajstić information content (AvgIpc) is 3.80. The number of nitrogens with zero attached hydrogens (tertiary/aromatic N) is 3. The van der Waals surface area contributed by atoms with Crippen molar-refractivity contribution in [3.8, 4) is 56.4 Å². The summed E-state index contributed by atoms with van der Waals surface area (Å²) in [7, 11) is 0. The van der Waals surface area contributed by atoms with Crippen molar-refractivity contribution in [3.05, 3.63) is 176 Å². The van der Waals surface area contributed by atoms with Crippen LogP contribution in [0.3, 0.4) is 0 Å². The Morgan fingerprint density at radius 3 is 1.70 bits per heavy atom. The lowest BCUT2D eigenvalue weighted by atomic mass is 9.95. The normalized spacial score (nSPS) is 11.7. The second kappa shape index (κ2) is 12.1. The highest BCUT2D eigenvalue weighted by atomic mass is 16.3. The van der Waals surface area contributed by atoms with E-state index in [0.717, 1.165) is 88.2 Å². The molecule has 3 heterocycles. The molecule has 0 saturated heterocycles. The van der Waals surface area contributed by atoms with Crippen LogP contribution < -0.4 is 0 Å². The first-order valence-corrected chi connectivity index (χ1v) is 18.0. The quantitative estimate of drug-likeness (QED) is 0.180. The number of hydrogen-bond donors (Lipinski definition) is 0. The number of para-hydroxylation sites is 1. The summed E-state index contributed by atoms with van der Waals surface area (Å²) in [6.07, 6.45) is 0. The zero-order valence-electron chi connectivity index (χ0n) is 28.9. The van der Waals surface area contributed by atoms with Gasteiger partial charge in [0.05, 0.1) is 0 Å². The number of benzene rings is 8. The Balaban J connectivity index is 1.14. The minimum Gasteiger partial charge on any atom is -0.456 e. The Bertz CT molecular complexity index is 3220. The molecule has 0 aliphatic heterocycles. The molecule has 5 nitrogen and oxygen atoms in total. The van der Waals surface area contributed by atoms with Crippen LogP contribution in [0, 0.1) is 0 Å². The van der Waals surface area contributed by atoms with E-state index in [9.17, 15) is 0 Å².